The van der Waals surface area contributed by atoms with E-state index in [1.54, 1.807) is 0 Å². The molecule has 0 radical (unpaired) electrons. The van der Waals surface area contributed by atoms with Crippen LogP contribution in [-0.4, -0.2) is 31.5 Å². The molecule has 1 fully saturated rings. The lowest BCUT2D eigenvalue weighted by Crippen LogP contribution is -2.35. The molecular weight excluding hydrogens is 166 g/mol. The molecule has 1 aliphatic rings. The second-order valence-corrected chi connectivity index (χ2v) is 3.75. The Morgan fingerprint density at radius 2 is 2.38 bits per heavy atom. The molecule has 0 amide bonds. The van der Waals surface area contributed by atoms with E-state index in [4.69, 9.17) is 15.2 Å². The molecule has 3 unspecified atom stereocenters. The van der Waals surface area contributed by atoms with Gasteiger partial charge in [0.25, 0.3) is 0 Å². The smallest absolute Gasteiger partial charge is 0.0809 e. The van der Waals surface area contributed by atoms with Crippen molar-refractivity contribution in [3.05, 3.63) is 0 Å². The van der Waals surface area contributed by atoms with E-state index in [0.717, 1.165) is 19.4 Å². The molecule has 0 aromatic rings. The summed E-state index contributed by atoms with van der Waals surface area (Å²) in [6, 6.07) is 0.154. The summed E-state index contributed by atoms with van der Waals surface area (Å²) in [4.78, 5) is 0. The average molecular weight is 187 g/mol. The Hall–Kier alpha value is -0.120. The molecule has 3 atom stereocenters. The van der Waals surface area contributed by atoms with E-state index >= 15 is 0 Å². The topological polar surface area (TPSA) is 44.5 Å². The van der Waals surface area contributed by atoms with Gasteiger partial charge in [0.05, 0.1) is 18.8 Å². The maximum Gasteiger partial charge on any atom is 0.0809 e. The van der Waals surface area contributed by atoms with Crippen LogP contribution in [0.25, 0.3) is 0 Å². The van der Waals surface area contributed by atoms with Crippen LogP contribution in [0, 0.1) is 0 Å². The van der Waals surface area contributed by atoms with Gasteiger partial charge in [-0.05, 0) is 26.2 Å². The molecule has 2 N–H and O–H groups in total. The van der Waals surface area contributed by atoms with Crippen molar-refractivity contribution in [1.82, 2.24) is 0 Å². The van der Waals surface area contributed by atoms with Gasteiger partial charge in [0.1, 0.15) is 0 Å². The van der Waals surface area contributed by atoms with Gasteiger partial charge in [0, 0.05) is 12.6 Å². The summed E-state index contributed by atoms with van der Waals surface area (Å²) < 4.78 is 11.1. The fraction of sp³-hybridized carbons (Fsp3) is 1.00. The van der Waals surface area contributed by atoms with Crippen molar-refractivity contribution in [2.45, 2.75) is 51.4 Å². The fourth-order valence-electron chi connectivity index (χ4n) is 1.49. The quantitative estimate of drug-likeness (QED) is 0.705. The van der Waals surface area contributed by atoms with Gasteiger partial charge in [0.2, 0.25) is 0 Å². The molecule has 0 aliphatic carbocycles. The lowest BCUT2D eigenvalue weighted by atomic mass is 10.1. The Balaban J connectivity index is 2.10. The first-order valence-corrected chi connectivity index (χ1v) is 5.22. The first kappa shape index (κ1) is 11.0. The third-order valence-electron chi connectivity index (χ3n) is 2.64. The summed E-state index contributed by atoms with van der Waals surface area (Å²) in [6.45, 7) is 5.71. The molecule has 1 saturated heterocycles. The van der Waals surface area contributed by atoms with Crippen LogP contribution in [0.3, 0.4) is 0 Å². The van der Waals surface area contributed by atoms with Gasteiger partial charge in [-0.3, -0.25) is 0 Å². The Labute approximate surface area is 80.6 Å². The zero-order valence-corrected chi connectivity index (χ0v) is 8.66. The van der Waals surface area contributed by atoms with Crippen molar-refractivity contribution in [3.63, 3.8) is 0 Å². The van der Waals surface area contributed by atoms with Crippen molar-refractivity contribution in [3.8, 4) is 0 Å². The molecule has 0 aromatic carbocycles. The predicted octanol–water partition coefficient (Wildman–Crippen LogP) is 1.31. The van der Waals surface area contributed by atoms with Gasteiger partial charge < -0.3 is 15.2 Å². The predicted molar refractivity (Wildman–Crippen MR) is 52.7 cm³/mol. The third-order valence-corrected chi connectivity index (χ3v) is 2.64. The summed E-state index contributed by atoms with van der Waals surface area (Å²) in [5.41, 5.74) is 5.84. The molecule has 0 saturated carbocycles. The van der Waals surface area contributed by atoms with Crippen molar-refractivity contribution in [1.29, 1.82) is 0 Å². The van der Waals surface area contributed by atoms with E-state index in [2.05, 4.69) is 6.92 Å². The lowest BCUT2D eigenvalue weighted by Gasteiger charge is -2.20. The van der Waals surface area contributed by atoms with Gasteiger partial charge in [-0.25, -0.2) is 0 Å². The zero-order valence-electron chi connectivity index (χ0n) is 8.66. The Morgan fingerprint density at radius 1 is 1.62 bits per heavy atom. The molecule has 13 heavy (non-hydrogen) atoms. The second-order valence-electron chi connectivity index (χ2n) is 3.75. The highest BCUT2D eigenvalue weighted by Crippen LogP contribution is 2.13. The van der Waals surface area contributed by atoms with Crippen molar-refractivity contribution in [2.24, 2.45) is 5.73 Å². The van der Waals surface area contributed by atoms with Crippen molar-refractivity contribution >= 4 is 0 Å². The summed E-state index contributed by atoms with van der Waals surface area (Å²) >= 11 is 0. The second kappa shape index (κ2) is 5.58. The fourth-order valence-corrected chi connectivity index (χ4v) is 1.49. The summed E-state index contributed by atoms with van der Waals surface area (Å²) in [7, 11) is 0. The number of ether oxygens (including phenoxy) is 2. The Kier molecular flexibility index (Phi) is 4.70. The number of hydrogen-bond donors (Lipinski definition) is 1. The molecule has 1 heterocycles. The van der Waals surface area contributed by atoms with Crippen LogP contribution < -0.4 is 5.73 Å². The SMILES string of the molecule is CCC(N)C(C)OCC1CCCO1. The standard InChI is InChI=1S/C10H21NO2/c1-3-10(11)8(2)13-7-9-5-4-6-12-9/h8-10H,3-7,11H2,1-2H3. The molecular formula is C10H21NO2. The first-order valence-electron chi connectivity index (χ1n) is 5.22. The Morgan fingerprint density at radius 3 is 2.92 bits per heavy atom. The monoisotopic (exact) mass is 187 g/mol. The van der Waals surface area contributed by atoms with E-state index in [9.17, 15) is 0 Å². The van der Waals surface area contributed by atoms with E-state index in [1.807, 2.05) is 6.92 Å². The molecule has 0 aromatic heterocycles. The van der Waals surface area contributed by atoms with Crippen LogP contribution in [0.1, 0.15) is 33.1 Å². The lowest BCUT2D eigenvalue weighted by molar-refractivity contribution is -0.0224. The van der Waals surface area contributed by atoms with E-state index < -0.39 is 0 Å². The van der Waals surface area contributed by atoms with Crippen LogP contribution in [0.15, 0.2) is 0 Å². The van der Waals surface area contributed by atoms with Gasteiger partial charge >= 0.3 is 0 Å². The van der Waals surface area contributed by atoms with Crippen molar-refractivity contribution < 1.29 is 9.47 Å². The highest BCUT2D eigenvalue weighted by atomic mass is 16.5. The molecule has 1 aliphatic heterocycles. The van der Waals surface area contributed by atoms with Crippen LogP contribution >= 0.6 is 0 Å². The minimum Gasteiger partial charge on any atom is -0.376 e. The normalized spacial score (nSPS) is 27.5. The summed E-state index contributed by atoms with van der Waals surface area (Å²) in [6.07, 6.45) is 3.73. The molecule has 3 nitrogen and oxygen atoms in total. The van der Waals surface area contributed by atoms with Crippen LogP contribution in [-0.2, 0) is 9.47 Å². The van der Waals surface area contributed by atoms with Crippen LogP contribution in [0.5, 0.6) is 0 Å². The van der Waals surface area contributed by atoms with Crippen LogP contribution in [0.2, 0.25) is 0 Å². The Bertz CT molecular complexity index is 135. The third kappa shape index (κ3) is 3.63. The zero-order chi connectivity index (χ0) is 9.68. The number of hydrogen-bond acceptors (Lipinski definition) is 3. The molecule has 3 heteroatoms. The summed E-state index contributed by atoms with van der Waals surface area (Å²) in [5.74, 6) is 0. The van der Waals surface area contributed by atoms with Crippen LogP contribution in [0.4, 0.5) is 0 Å². The van der Waals surface area contributed by atoms with E-state index in [1.165, 1.54) is 6.42 Å². The molecule has 0 bridgehead atoms. The maximum absolute atomic E-state index is 5.84. The van der Waals surface area contributed by atoms with E-state index in [0.29, 0.717) is 12.7 Å². The molecule has 0 spiro atoms. The minimum atomic E-state index is 0.147. The number of nitrogens with two attached hydrogens (primary N) is 1. The molecule has 1 rings (SSSR count). The van der Waals surface area contributed by atoms with Gasteiger partial charge in [-0.1, -0.05) is 6.92 Å². The maximum atomic E-state index is 5.84. The van der Waals surface area contributed by atoms with Gasteiger partial charge in [0.15, 0.2) is 0 Å². The summed E-state index contributed by atoms with van der Waals surface area (Å²) in [5, 5.41) is 0. The molecule has 78 valence electrons. The minimum absolute atomic E-state index is 0.147. The number of rotatable bonds is 5. The largest absolute Gasteiger partial charge is 0.376 e. The first-order chi connectivity index (χ1) is 6.24. The highest BCUT2D eigenvalue weighted by Gasteiger charge is 2.18. The van der Waals surface area contributed by atoms with Gasteiger partial charge in [-0.15, -0.1) is 0 Å². The van der Waals surface area contributed by atoms with Gasteiger partial charge in [-0.2, -0.15) is 0 Å². The average Bonchev–Trinajstić information content (AvgIpc) is 2.65. The van der Waals surface area contributed by atoms with Crippen molar-refractivity contribution in [2.75, 3.05) is 13.2 Å². The van der Waals surface area contributed by atoms with E-state index in [-0.39, 0.29) is 12.1 Å². The highest BCUT2D eigenvalue weighted by molar-refractivity contribution is 4.69.